The van der Waals surface area contributed by atoms with Crippen molar-refractivity contribution in [3.05, 3.63) is 88.4 Å². The molecule has 0 unspecified atom stereocenters. The zero-order valence-corrected chi connectivity index (χ0v) is 15.9. The van der Waals surface area contributed by atoms with Gasteiger partial charge in [-0.15, -0.1) is 0 Å². The van der Waals surface area contributed by atoms with Crippen LogP contribution in [0.4, 0.5) is 5.69 Å². The van der Waals surface area contributed by atoms with Gasteiger partial charge in [0.15, 0.2) is 0 Å². The van der Waals surface area contributed by atoms with E-state index in [1.165, 1.54) is 0 Å². The molecule has 0 aliphatic rings. The van der Waals surface area contributed by atoms with Crippen LogP contribution in [-0.2, 0) is 6.61 Å². The van der Waals surface area contributed by atoms with Crippen molar-refractivity contribution in [3.8, 4) is 11.5 Å². The Kier molecular flexibility index (Phi) is 5.99. The highest BCUT2D eigenvalue weighted by Gasteiger charge is 2.11. The van der Waals surface area contributed by atoms with Crippen LogP contribution in [0, 0.1) is 6.92 Å². The van der Waals surface area contributed by atoms with Gasteiger partial charge in [-0.05, 0) is 48.9 Å². The second kappa shape index (κ2) is 8.60. The van der Waals surface area contributed by atoms with Crippen LogP contribution >= 0.6 is 11.6 Å². The summed E-state index contributed by atoms with van der Waals surface area (Å²) in [4.78, 5) is 12.6. The van der Waals surface area contributed by atoms with E-state index in [-0.39, 0.29) is 5.91 Å². The number of methoxy groups -OCH3 is 1. The van der Waals surface area contributed by atoms with Crippen LogP contribution in [-0.4, -0.2) is 13.0 Å². The lowest BCUT2D eigenvalue weighted by Crippen LogP contribution is -2.13. The number of amides is 1. The van der Waals surface area contributed by atoms with E-state index in [0.29, 0.717) is 34.4 Å². The Balaban J connectivity index is 1.72. The fourth-order valence-electron chi connectivity index (χ4n) is 2.62. The van der Waals surface area contributed by atoms with Crippen molar-refractivity contribution in [1.82, 2.24) is 0 Å². The summed E-state index contributed by atoms with van der Waals surface area (Å²) in [6.45, 7) is 2.29. The Labute approximate surface area is 163 Å². The van der Waals surface area contributed by atoms with E-state index in [1.807, 2.05) is 49.4 Å². The third-order valence-corrected chi connectivity index (χ3v) is 4.42. The maximum Gasteiger partial charge on any atom is 0.255 e. The minimum Gasteiger partial charge on any atom is -0.495 e. The molecule has 0 aliphatic heterocycles. The average Bonchev–Trinajstić information content (AvgIpc) is 2.68. The molecule has 0 spiro atoms. The maximum absolute atomic E-state index is 12.6. The first-order valence-electron chi connectivity index (χ1n) is 8.49. The standard InChI is InChI=1S/C22H20ClNO3/c1-15-10-11-21(26-2)20(12-15)24-22(25)16-7-5-8-18(13-16)27-14-17-6-3-4-9-19(17)23/h3-13H,14H2,1-2H3,(H,24,25). The maximum atomic E-state index is 12.6. The molecule has 0 saturated carbocycles. The van der Waals surface area contributed by atoms with Gasteiger partial charge in [0, 0.05) is 16.1 Å². The van der Waals surface area contributed by atoms with E-state index in [9.17, 15) is 4.79 Å². The molecule has 0 heterocycles. The van der Waals surface area contributed by atoms with E-state index < -0.39 is 0 Å². The Morgan fingerprint density at radius 3 is 2.63 bits per heavy atom. The SMILES string of the molecule is COc1ccc(C)cc1NC(=O)c1cccc(OCc2ccccc2Cl)c1. The van der Waals surface area contributed by atoms with Gasteiger partial charge in [0.25, 0.3) is 5.91 Å². The number of halogens is 1. The van der Waals surface area contributed by atoms with Crippen LogP contribution in [0.2, 0.25) is 5.02 Å². The van der Waals surface area contributed by atoms with E-state index in [1.54, 1.807) is 31.4 Å². The number of nitrogens with one attached hydrogen (secondary N) is 1. The lowest BCUT2D eigenvalue weighted by molar-refractivity contribution is 0.102. The second-order valence-electron chi connectivity index (χ2n) is 6.07. The highest BCUT2D eigenvalue weighted by molar-refractivity contribution is 6.31. The molecule has 138 valence electrons. The fourth-order valence-corrected chi connectivity index (χ4v) is 2.81. The topological polar surface area (TPSA) is 47.6 Å². The zero-order valence-electron chi connectivity index (χ0n) is 15.2. The molecule has 0 aliphatic carbocycles. The zero-order chi connectivity index (χ0) is 19.2. The quantitative estimate of drug-likeness (QED) is 0.614. The molecule has 3 aromatic carbocycles. The van der Waals surface area contributed by atoms with E-state index >= 15 is 0 Å². The van der Waals surface area contributed by atoms with Gasteiger partial charge >= 0.3 is 0 Å². The molecule has 3 aromatic rings. The van der Waals surface area contributed by atoms with Crippen LogP contribution in [0.1, 0.15) is 21.5 Å². The molecule has 0 fully saturated rings. The number of benzene rings is 3. The summed E-state index contributed by atoms with van der Waals surface area (Å²) in [5.41, 5.74) is 3.04. The van der Waals surface area contributed by atoms with Crippen molar-refractivity contribution >= 4 is 23.2 Å². The minimum absolute atomic E-state index is 0.234. The van der Waals surface area contributed by atoms with Crippen LogP contribution < -0.4 is 14.8 Å². The number of rotatable bonds is 6. The second-order valence-corrected chi connectivity index (χ2v) is 6.47. The normalized spacial score (nSPS) is 10.3. The van der Waals surface area contributed by atoms with Gasteiger partial charge in [-0.3, -0.25) is 4.79 Å². The van der Waals surface area contributed by atoms with Crippen molar-refractivity contribution in [2.24, 2.45) is 0 Å². The largest absolute Gasteiger partial charge is 0.495 e. The number of anilines is 1. The van der Waals surface area contributed by atoms with Crippen LogP contribution in [0.5, 0.6) is 11.5 Å². The first kappa shape index (κ1) is 18.8. The molecule has 0 radical (unpaired) electrons. The third kappa shape index (κ3) is 4.80. The Bertz CT molecular complexity index is 956. The van der Waals surface area contributed by atoms with Gasteiger partial charge in [-0.25, -0.2) is 0 Å². The molecular formula is C22H20ClNO3. The lowest BCUT2D eigenvalue weighted by atomic mass is 10.1. The summed E-state index contributed by atoms with van der Waals surface area (Å²) >= 11 is 6.15. The van der Waals surface area contributed by atoms with Crippen LogP contribution in [0.15, 0.2) is 66.7 Å². The van der Waals surface area contributed by atoms with Gasteiger partial charge in [-0.2, -0.15) is 0 Å². The Morgan fingerprint density at radius 2 is 1.85 bits per heavy atom. The molecule has 0 aromatic heterocycles. The highest BCUT2D eigenvalue weighted by atomic mass is 35.5. The molecule has 0 saturated heterocycles. The van der Waals surface area contributed by atoms with E-state index in [0.717, 1.165) is 11.1 Å². The first-order chi connectivity index (χ1) is 13.1. The molecule has 27 heavy (non-hydrogen) atoms. The number of ether oxygens (including phenoxy) is 2. The van der Waals surface area contributed by atoms with Crippen LogP contribution in [0.3, 0.4) is 0 Å². The van der Waals surface area contributed by atoms with Crippen molar-refractivity contribution < 1.29 is 14.3 Å². The van der Waals surface area contributed by atoms with Gasteiger partial charge in [0.1, 0.15) is 18.1 Å². The molecule has 3 rings (SSSR count). The Morgan fingerprint density at radius 1 is 1.04 bits per heavy atom. The Hall–Kier alpha value is -2.98. The van der Waals surface area contributed by atoms with Gasteiger partial charge < -0.3 is 14.8 Å². The van der Waals surface area contributed by atoms with Crippen LogP contribution in [0.25, 0.3) is 0 Å². The monoisotopic (exact) mass is 381 g/mol. The number of carbonyl (C=O) groups excluding carboxylic acids is 1. The summed E-state index contributed by atoms with van der Waals surface area (Å²) in [7, 11) is 1.57. The summed E-state index contributed by atoms with van der Waals surface area (Å²) in [5, 5.41) is 3.54. The first-order valence-corrected chi connectivity index (χ1v) is 8.87. The van der Waals surface area contributed by atoms with E-state index in [2.05, 4.69) is 5.32 Å². The van der Waals surface area contributed by atoms with Crippen molar-refractivity contribution in [3.63, 3.8) is 0 Å². The smallest absolute Gasteiger partial charge is 0.255 e. The summed E-state index contributed by atoms with van der Waals surface area (Å²) in [6, 6.07) is 20.2. The number of hydrogen-bond donors (Lipinski definition) is 1. The lowest BCUT2D eigenvalue weighted by Gasteiger charge is -2.12. The van der Waals surface area contributed by atoms with Crippen molar-refractivity contribution in [1.29, 1.82) is 0 Å². The molecule has 1 N–H and O–H groups in total. The van der Waals surface area contributed by atoms with Gasteiger partial charge in [0.05, 0.1) is 12.8 Å². The summed E-state index contributed by atoms with van der Waals surface area (Å²) in [5.74, 6) is 0.973. The van der Waals surface area contributed by atoms with E-state index in [4.69, 9.17) is 21.1 Å². The molecule has 1 amide bonds. The number of aryl methyl sites for hydroxylation is 1. The highest BCUT2D eigenvalue weighted by Crippen LogP contribution is 2.26. The molecular weight excluding hydrogens is 362 g/mol. The summed E-state index contributed by atoms with van der Waals surface area (Å²) in [6.07, 6.45) is 0. The van der Waals surface area contributed by atoms with Gasteiger partial charge in [-0.1, -0.05) is 41.9 Å². The summed E-state index contributed by atoms with van der Waals surface area (Å²) < 4.78 is 11.1. The van der Waals surface area contributed by atoms with Gasteiger partial charge in [0.2, 0.25) is 0 Å². The average molecular weight is 382 g/mol. The number of hydrogen-bond acceptors (Lipinski definition) is 3. The van der Waals surface area contributed by atoms with Crippen molar-refractivity contribution in [2.75, 3.05) is 12.4 Å². The molecule has 4 nitrogen and oxygen atoms in total. The molecule has 5 heteroatoms. The molecule has 0 atom stereocenters. The predicted octanol–water partition coefficient (Wildman–Crippen LogP) is 5.49. The number of carbonyl (C=O) groups is 1. The minimum atomic E-state index is -0.234. The third-order valence-electron chi connectivity index (χ3n) is 4.05. The fraction of sp³-hybridized carbons (Fsp3) is 0.136. The molecule has 0 bridgehead atoms. The predicted molar refractivity (Wildman–Crippen MR) is 108 cm³/mol. The van der Waals surface area contributed by atoms with Crippen molar-refractivity contribution in [2.45, 2.75) is 13.5 Å².